The maximum Gasteiger partial charge on any atom is 0.272 e. The molecule has 6 heteroatoms. The summed E-state index contributed by atoms with van der Waals surface area (Å²) < 4.78 is 0. The Morgan fingerprint density at radius 2 is 2.14 bits per heavy atom. The molecular weight excluding hydrogens is 309 g/mol. The van der Waals surface area contributed by atoms with Crippen LogP contribution in [0.3, 0.4) is 0 Å². The van der Waals surface area contributed by atoms with Crippen LogP contribution in [-0.4, -0.2) is 35.4 Å². The van der Waals surface area contributed by atoms with E-state index < -0.39 is 0 Å². The number of amides is 1. The van der Waals surface area contributed by atoms with Crippen molar-refractivity contribution in [2.45, 2.75) is 32.1 Å². The highest BCUT2D eigenvalue weighted by molar-refractivity contribution is 5.92. The molecule has 1 aliphatic heterocycles. The number of nitrogens with zero attached hydrogens (tertiary/aromatic N) is 2. The summed E-state index contributed by atoms with van der Waals surface area (Å²) in [6.07, 6.45) is 5.37. The first-order valence-electron chi connectivity index (χ1n) is 7.07. The van der Waals surface area contributed by atoms with Gasteiger partial charge in [-0.15, -0.1) is 24.8 Å². The maximum atomic E-state index is 12.4. The Bertz CT molecular complexity index is 490. The number of nitrogens with two attached hydrogens (primary N) is 1. The number of likely N-dealkylation sites (tertiary alicyclic amines) is 1. The molecule has 1 saturated carbocycles. The summed E-state index contributed by atoms with van der Waals surface area (Å²) in [7, 11) is 0. The fourth-order valence-corrected chi connectivity index (χ4v) is 2.72. The van der Waals surface area contributed by atoms with Gasteiger partial charge in [0.05, 0.1) is 0 Å². The van der Waals surface area contributed by atoms with E-state index in [1.807, 2.05) is 17.2 Å². The zero-order valence-electron chi connectivity index (χ0n) is 12.2. The van der Waals surface area contributed by atoms with Gasteiger partial charge in [-0.3, -0.25) is 9.78 Å². The van der Waals surface area contributed by atoms with Gasteiger partial charge >= 0.3 is 0 Å². The molecule has 2 aliphatic rings. The van der Waals surface area contributed by atoms with Gasteiger partial charge in [0.1, 0.15) is 5.69 Å². The Labute approximate surface area is 138 Å². The molecule has 1 aromatic heterocycles. The van der Waals surface area contributed by atoms with Crippen LogP contribution in [0.15, 0.2) is 18.3 Å². The van der Waals surface area contributed by atoms with Crippen LogP contribution in [0.5, 0.6) is 0 Å². The predicted octanol–water partition coefficient (Wildman–Crippen LogP) is 2.61. The fraction of sp³-hybridized carbons (Fsp3) is 0.600. The first-order chi connectivity index (χ1) is 9.11. The van der Waals surface area contributed by atoms with Crippen molar-refractivity contribution in [3.8, 4) is 0 Å². The Morgan fingerprint density at radius 1 is 1.43 bits per heavy atom. The number of hydrogen-bond acceptors (Lipinski definition) is 3. The summed E-state index contributed by atoms with van der Waals surface area (Å²) in [5.74, 6) is 0.725. The average Bonchev–Trinajstić information content (AvgIpc) is 3.21. The molecule has 1 aromatic rings. The first kappa shape index (κ1) is 18.2. The second-order valence-electron chi connectivity index (χ2n) is 6.24. The molecule has 4 nitrogen and oxygen atoms in total. The molecule has 118 valence electrons. The molecule has 2 N–H and O–H groups in total. The minimum Gasteiger partial charge on any atom is -0.337 e. The van der Waals surface area contributed by atoms with E-state index in [0.29, 0.717) is 18.2 Å². The van der Waals surface area contributed by atoms with Crippen molar-refractivity contribution in [3.63, 3.8) is 0 Å². The van der Waals surface area contributed by atoms with E-state index in [4.69, 9.17) is 5.73 Å². The van der Waals surface area contributed by atoms with Crippen molar-refractivity contribution in [2.24, 2.45) is 11.1 Å². The van der Waals surface area contributed by atoms with Gasteiger partial charge in [-0.05, 0) is 48.8 Å². The van der Waals surface area contributed by atoms with Gasteiger partial charge in [0.2, 0.25) is 0 Å². The lowest BCUT2D eigenvalue weighted by Crippen LogP contribution is -2.34. The number of halogens is 2. The topological polar surface area (TPSA) is 59.2 Å². The molecule has 1 amide bonds. The number of hydrogen-bond donors (Lipinski definition) is 1. The second-order valence-corrected chi connectivity index (χ2v) is 6.24. The van der Waals surface area contributed by atoms with E-state index in [9.17, 15) is 4.79 Å². The monoisotopic (exact) mass is 331 g/mol. The molecule has 0 radical (unpaired) electrons. The van der Waals surface area contributed by atoms with Gasteiger partial charge in [-0.1, -0.05) is 13.0 Å². The molecule has 1 unspecified atom stereocenters. The quantitative estimate of drug-likeness (QED) is 0.926. The van der Waals surface area contributed by atoms with Crippen LogP contribution in [0.25, 0.3) is 0 Å². The van der Waals surface area contributed by atoms with Gasteiger partial charge < -0.3 is 10.6 Å². The summed E-state index contributed by atoms with van der Waals surface area (Å²) in [5.41, 5.74) is 7.68. The lowest BCUT2D eigenvalue weighted by atomic mass is 9.90. The van der Waals surface area contributed by atoms with Crippen LogP contribution in [-0.2, 0) is 0 Å². The molecule has 2 heterocycles. The standard InChI is InChI=1S/C15H21N3O.2ClH/c1-15(9-16)6-7-18(10-15)14(19)13-5-4-12(8-17-13)11-2-3-11;;/h4-5,8,11H,2-3,6-7,9-10,16H2,1H3;2*1H. The fourth-order valence-electron chi connectivity index (χ4n) is 2.72. The van der Waals surface area contributed by atoms with Crippen molar-refractivity contribution >= 4 is 30.7 Å². The van der Waals surface area contributed by atoms with Gasteiger partial charge in [0.25, 0.3) is 5.91 Å². The van der Waals surface area contributed by atoms with E-state index in [1.165, 1.54) is 18.4 Å². The predicted molar refractivity (Wildman–Crippen MR) is 88.4 cm³/mol. The number of carbonyl (C=O) groups excluding carboxylic acids is 1. The molecule has 1 atom stereocenters. The summed E-state index contributed by atoms with van der Waals surface area (Å²) in [6.45, 7) is 4.31. The summed E-state index contributed by atoms with van der Waals surface area (Å²) in [4.78, 5) is 18.6. The Kier molecular flexibility index (Phi) is 6.02. The van der Waals surface area contributed by atoms with Crippen LogP contribution < -0.4 is 5.73 Å². The number of carbonyl (C=O) groups is 1. The molecule has 0 bridgehead atoms. The third kappa shape index (κ3) is 3.87. The normalized spacial score (nSPS) is 24.2. The van der Waals surface area contributed by atoms with E-state index >= 15 is 0 Å². The van der Waals surface area contributed by atoms with Gasteiger partial charge in [-0.2, -0.15) is 0 Å². The molecule has 0 aromatic carbocycles. The van der Waals surface area contributed by atoms with Crippen LogP contribution in [0.1, 0.15) is 48.2 Å². The summed E-state index contributed by atoms with van der Waals surface area (Å²) in [5, 5.41) is 0. The third-order valence-corrected chi connectivity index (χ3v) is 4.39. The van der Waals surface area contributed by atoms with E-state index in [2.05, 4.69) is 18.0 Å². The lowest BCUT2D eigenvalue weighted by molar-refractivity contribution is 0.0771. The molecule has 1 saturated heterocycles. The maximum absolute atomic E-state index is 12.4. The lowest BCUT2D eigenvalue weighted by Gasteiger charge is -2.22. The van der Waals surface area contributed by atoms with E-state index in [-0.39, 0.29) is 36.1 Å². The van der Waals surface area contributed by atoms with Crippen LogP contribution in [0, 0.1) is 5.41 Å². The average molecular weight is 332 g/mol. The Hall–Kier alpha value is -0.840. The summed E-state index contributed by atoms with van der Waals surface area (Å²) >= 11 is 0. The molecule has 0 spiro atoms. The van der Waals surface area contributed by atoms with Crippen molar-refractivity contribution < 1.29 is 4.79 Å². The molecule has 1 aliphatic carbocycles. The van der Waals surface area contributed by atoms with Crippen molar-refractivity contribution in [3.05, 3.63) is 29.6 Å². The van der Waals surface area contributed by atoms with Crippen molar-refractivity contribution in [2.75, 3.05) is 19.6 Å². The third-order valence-electron chi connectivity index (χ3n) is 4.39. The SMILES string of the molecule is CC1(CN)CCN(C(=O)c2ccc(C3CC3)cn2)C1.Cl.Cl. The van der Waals surface area contributed by atoms with Crippen molar-refractivity contribution in [1.29, 1.82) is 0 Å². The molecule has 2 fully saturated rings. The number of rotatable bonds is 3. The van der Waals surface area contributed by atoms with E-state index in [1.54, 1.807) is 0 Å². The second kappa shape index (κ2) is 6.95. The van der Waals surface area contributed by atoms with E-state index in [0.717, 1.165) is 19.5 Å². The zero-order chi connectivity index (χ0) is 13.5. The Morgan fingerprint density at radius 3 is 2.62 bits per heavy atom. The van der Waals surface area contributed by atoms with Crippen LogP contribution in [0.4, 0.5) is 0 Å². The van der Waals surface area contributed by atoms with Gasteiger partial charge in [-0.25, -0.2) is 0 Å². The zero-order valence-corrected chi connectivity index (χ0v) is 13.9. The number of aromatic nitrogens is 1. The highest BCUT2D eigenvalue weighted by Crippen LogP contribution is 2.39. The van der Waals surface area contributed by atoms with Crippen LogP contribution >= 0.6 is 24.8 Å². The molecular formula is C15H23Cl2N3O. The Balaban J connectivity index is 0.00000110. The smallest absolute Gasteiger partial charge is 0.272 e. The highest BCUT2D eigenvalue weighted by Gasteiger charge is 2.35. The summed E-state index contributed by atoms with van der Waals surface area (Å²) in [6, 6.07) is 3.92. The molecule has 21 heavy (non-hydrogen) atoms. The largest absolute Gasteiger partial charge is 0.337 e. The minimum absolute atomic E-state index is 0. The van der Waals surface area contributed by atoms with Crippen LogP contribution in [0.2, 0.25) is 0 Å². The van der Waals surface area contributed by atoms with Gasteiger partial charge in [0, 0.05) is 19.3 Å². The van der Waals surface area contributed by atoms with Crippen molar-refractivity contribution in [1.82, 2.24) is 9.88 Å². The molecule has 3 rings (SSSR count). The number of pyridine rings is 1. The minimum atomic E-state index is 0. The first-order valence-corrected chi connectivity index (χ1v) is 7.07. The highest BCUT2D eigenvalue weighted by atomic mass is 35.5. The van der Waals surface area contributed by atoms with Gasteiger partial charge in [0.15, 0.2) is 0 Å².